The van der Waals surface area contributed by atoms with Crippen LogP contribution in [0.2, 0.25) is 0 Å². The molecule has 3 heterocycles. The number of hydrogen-bond acceptors (Lipinski definition) is 9. The van der Waals surface area contributed by atoms with Crippen molar-refractivity contribution in [3.8, 4) is 22.1 Å². The van der Waals surface area contributed by atoms with E-state index in [4.69, 9.17) is 0 Å². The molecule has 0 N–H and O–H groups in total. The third-order valence-electron chi connectivity index (χ3n) is 1.65. The Morgan fingerprint density at radius 3 is 2.80 bits per heavy atom. The third-order valence-corrected chi connectivity index (χ3v) is 2.88. The highest BCUT2D eigenvalue weighted by molar-refractivity contribution is 7.13. The molecular formula is C6H2N6OS2. The van der Waals surface area contributed by atoms with Crippen LogP contribution in [-0.2, 0) is 0 Å². The van der Waals surface area contributed by atoms with E-state index < -0.39 is 0 Å². The normalized spacial score (nSPS) is 10.7. The lowest BCUT2D eigenvalue weighted by molar-refractivity contribution is 0.393. The van der Waals surface area contributed by atoms with Crippen molar-refractivity contribution in [2.24, 2.45) is 0 Å². The second-order valence-corrected chi connectivity index (χ2v) is 3.86. The number of nitrogens with zero attached hydrogens (tertiary/aromatic N) is 6. The van der Waals surface area contributed by atoms with E-state index in [1.54, 1.807) is 5.51 Å². The van der Waals surface area contributed by atoms with E-state index in [1.807, 2.05) is 0 Å². The number of aromatic nitrogens is 6. The highest BCUT2D eigenvalue weighted by atomic mass is 32.1. The van der Waals surface area contributed by atoms with Gasteiger partial charge in [0.05, 0.1) is 11.7 Å². The molecule has 0 fully saturated rings. The van der Waals surface area contributed by atoms with Gasteiger partial charge in [0.1, 0.15) is 16.9 Å². The molecule has 0 radical (unpaired) electrons. The van der Waals surface area contributed by atoms with E-state index in [2.05, 4.69) is 33.8 Å². The van der Waals surface area contributed by atoms with E-state index in [0.717, 1.165) is 11.7 Å². The topological polar surface area (TPSA) is 90.5 Å². The SMILES string of the molecule is c1nnc(-c2nsnc2-c2conn2)s1. The van der Waals surface area contributed by atoms with Gasteiger partial charge in [-0.3, -0.25) is 0 Å². The van der Waals surface area contributed by atoms with Crippen LogP contribution in [0.15, 0.2) is 16.3 Å². The Hall–Kier alpha value is -1.74. The van der Waals surface area contributed by atoms with E-state index in [-0.39, 0.29) is 0 Å². The van der Waals surface area contributed by atoms with Crippen molar-refractivity contribution in [2.75, 3.05) is 0 Å². The number of rotatable bonds is 2. The van der Waals surface area contributed by atoms with Crippen molar-refractivity contribution < 1.29 is 4.52 Å². The minimum absolute atomic E-state index is 0.550. The largest absolute Gasteiger partial charge is 0.345 e. The first-order chi connectivity index (χ1) is 7.45. The van der Waals surface area contributed by atoms with Crippen molar-refractivity contribution in [1.82, 2.24) is 29.3 Å². The molecule has 9 heteroatoms. The zero-order valence-corrected chi connectivity index (χ0v) is 8.70. The summed E-state index contributed by atoms with van der Waals surface area (Å²) in [5.74, 6) is 0. The molecule has 0 aliphatic carbocycles. The summed E-state index contributed by atoms with van der Waals surface area (Å²) >= 11 is 2.49. The van der Waals surface area contributed by atoms with Gasteiger partial charge in [0.15, 0.2) is 17.0 Å². The summed E-state index contributed by atoms with van der Waals surface area (Å²) < 4.78 is 12.9. The molecule has 15 heavy (non-hydrogen) atoms. The molecule has 3 aromatic heterocycles. The van der Waals surface area contributed by atoms with Crippen LogP contribution in [0.5, 0.6) is 0 Å². The van der Waals surface area contributed by atoms with E-state index >= 15 is 0 Å². The van der Waals surface area contributed by atoms with Crippen molar-refractivity contribution in [3.63, 3.8) is 0 Å². The van der Waals surface area contributed by atoms with Gasteiger partial charge in [-0.05, 0) is 0 Å². The van der Waals surface area contributed by atoms with Crippen LogP contribution in [-0.4, -0.2) is 29.3 Å². The Labute approximate surface area is 91.1 Å². The van der Waals surface area contributed by atoms with Crippen molar-refractivity contribution >= 4 is 23.1 Å². The van der Waals surface area contributed by atoms with Crippen molar-refractivity contribution in [3.05, 3.63) is 11.8 Å². The molecule has 0 saturated heterocycles. The smallest absolute Gasteiger partial charge is 0.169 e. The zero-order chi connectivity index (χ0) is 10.1. The maximum absolute atomic E-state index is 4.65. The second-order valence-electron chi connectivity index (χ2n) is 2.50. The summed E-state index contributed by atoms with van der Waals surface area (Å²) in [5.41, 5.74) is 3.48. The summed E-state index contributed by atoms with van der Waals surface area (Å²) in [5, 5.41) is 15.5. The molecule has 74 valence electrons. The average molecular weight is 238 g/mol. The molecule has 0 aromatic carbocycles. The van der Waals surface area contributed by atoms with Crippen LogP contribution in [0.25, 0.3) is 22.1 Å². The van der Waals surface area contributed by atoms with Gasteiger partial charge in [-0.2, -0.15) is 8.75 Å². The molecule has 0 bridgehead atoms. The molecule has 0 aliphatic rings. The Morgan fingerprint density at radius 2 is 2.07 bits per heavy atom. The Balaban J connectivity index is 2.15. The van der Waals surface area contributed by atoms with Gasteiger partial charge in [-0.25, -0.2) is 0 Å². The van der Waals surface area contributed by atoms with Gasteiger partial charge in [0.2, 0.25) is 0 Å². The van der Waals surface area contributed by atoms with Crippen LogP contribution in [0, 0.1) is 0 Å². The molecule has 0 unspecified atom stereocenters. The highest BCUT2D eigenvalue weighted by Crippen LogP contribution is 2.29. The maximum Gasteiger partial charge on any atom is 0.169 e. The molecule has 3 rings (SSSR count). The molecule has 3 aromatic rings. The lowest BCUT2D eigenvalue weighted by Gasteiger charge is -1.89. The van der Waals surface area contributed by atoms with E-state index in [9.17, 15) is 0 Å². The maximum atomic E-state index is 4.65. The Kier molecular flexibility index (Phi) is 1.96. The van der Waals surface area contributed by atoms with Crippen molar-refractivity contribution in [1.29, 1.82) is 0 Å². The van der Waals surface area contributed by atoms with E-state index in [1.165, 1.54) is 17.6 Å². The minimum Gasteiger partial charge on any atom is -0.345 e. The third kappa shape index (κ3) is 1.41. The molecular weight excluding hydrogens is 236 g/mol. The van der Waals surface area contributed by atoms with Gasteiger partial charge in [0.25, 0.3) is 0 Å². The highest BCUT2D eigenvalue weighted by Gasteiger charge is 2.17. The fourth-order valence-corrected chi connectivity index (χ4v) is 2.20. The summed E-state index contributed by atoms with van der Waals surface area (Å²) in [4.78, 5) is 0. The first-order valence-electron chi connectivity index (χ1n) is 3.81. The van der Waals surface area contributed by atoms with Gasteiger partial charge >= 0.3 is 0 Å². The van der Waals surface area contributed by atoms with Crippen LogP contribution >= 0.6 is 23.1 Å². The number of hydrogen-bond donors (Lipinski definition) is 0. The summed E-state index contributed by atoms with van der Waals surface area (Å²) in [6.45, 7) is 0. The lowest BCUT2D eigenvalue weighted by atomic mass is 10.3. The standard InChI is InChI=1S/C6H2N6OS2/c1-3(8-12-13-1)4-5(11-15-10-4)6-9-7-2-14-6/h1-2H. The predicted molar refractivity (Wildman–Crippen MR) is 52.1 cm³/mol. The molecule has 7 nitrogen and oxygen atoms in total. The van der Waals surface area contributed by atoms with Crippen LogP contribution < -0.4 is 0 Å². The first kappa shape index (κ1) is 8.56. The summed E-state index contributed by atoms with van der Waals surface area (Å²) in [7, 11) is 0. The fraction of sp³-hybridized carbons (Fsp3) is 0. The Morgan fingerprint density at radius 1 is 1.13 bits per heavy atom. The monoisotopic (exact) mass is 238 g/mol. The molecule has 0 saturated carbocycles. The predicted octanol–water partition coefficient (Wildman–Crippen LogP) is 1.11. The molecule has 0 aliphatic heterocycles. The van der Waals surface area contributed by atoms with Crippen molar-refractivity contribution in [2.45, 2.75) is 0 Å². The summed E-state index contributed by atoms with van der Waals surface area (Å²) in [6.07, 6.45) is 1.42. The second kappa shape index (κ2) is 3.44. The van der Waals surface area contributed by atoms with Crippen LogP contribution in [0.1, 0.15) is 0 Å². The fourth-order valence-electron chi connectivity index (χ4n) is 1.04. The zero-order valence-electron chi connectivity index (χ0n) is 7.06. The molecule has 0 spiro atoms. The van der Waals surface area contributed by atoms with E-state index in [0.29, 0.717) is 22.1 Å². The van der Waals surface area contributed by atoms with Crippen LogP contribution in [0.3, 0.4) is 0 Å². The van der Waals surface area contributed by atoms with Gasteiger partial charge in [-0.15, -0.1) is 15.3 Å². The Bertz CT molecular complexity index is 495. The van der Waals surface area contributed by atoms with Gasteiger partial charge in [-0.1, -0.05) is 11.3 Å². The summed E-state index contributed by atoms with van der Waals surface area (Å²) in [6, 6.07) is 0. The molecule has 0 amide bonds. The minimum atomic E-state index is 0.550. The van der Waals surface area contributed by atoms with Crippen LogP contribution in [0.4, 0.5) is 0 Å². The first-order valence-corrected chi connectivity index (χ1v) is 5.42. The average Bonchev–Trinajstić information content (AvgIpc) is 3.01. The van der Waals surface area contributed by atoms with Gasteiger partial charge in [0, 0.05) is 5.27 Å². The molecule has 0 atom stereocenters. The quantitative estimate of drug-likeness (QED) is 0.660. The van der Waals surface area contributed by atoms with Gasteiger partial charge < -0.3 is 4.52 Å². The lowest BCUT2D eigenvalue weighted by Crippen LogP contribution is -1.83.